The summed E-state index contributed by atoms with van der Waals surface area (Å²) in [6.45, 7) is 2.67. The summed E-state index contributed by atoms with van der Waals surface area (Å²) in [7, 11) is 0. The van der Waals surface area contributed by atoms with Gasteiger partial charge in [-0.05, 0) is 36.3 Å². The first-order valence-electron chi connectivity index (χ1n) is 8.97. The summed E-state index contributed by atoms with van der Waals surface area (Å²) in [5.41, 5.74) is 2.57. The third-order valence-corrected chi connectivity index (χ3v) is 3.98. The lowest BCUT2D eigenvalue weighted by Gasteiger charge is -2.09. The molecular formula is C22H21N3O3. The van der Waals surface area contributed by atoms with Crippen LogP contribution in [0.1, 0.15) is 28.7 Å². The maximum Gasteiger partial charge on any atom is 0.330 e. The van der Waals surface area contributed by atoms with Crippen LogP contribution in [0.5, 0.6) is 0 Å². The van der Waals surface area contributed by atoms with Crippen molar-refractivity contribution in [2.75, 3.05) is 11.9 Å². The van der Waals surface area contributed by atoms with E-state index in [0.717, 1.165) is 11.1 Å². The third-order valence-electron chi connectivity index (χ3n) is 3.98. The highest BCUT2D eigenvalue weighted by Crippen LogP contribution is 2.13. The Hall–Kier alpha value is -3.67. The van der Waals surface area contributed by atoms with Gasteiger partial charge in [-0.25, -0.2) is 9.78 Å². The minimum atomic E-state index is -0.384. The van der Waals surface area contributed by atoms with Gasteiger partial charge in [-0.3, -0.25) is 4.79 Å². The Labute approximate surface area is 163 Å². The molecule has 3 aromatic rings. The number of imidazole rings is 1. The van der Waals surface area contributed by atoms with E-state index in [4.69, 9.17) is 4.74 Å². The lowest BCUT2D eigenvalue weighted by atomic mass is 10.2. The molecule has 0 saturated heterocycles. The van der Waals surface area contributed by atoms with Crippen LogP contribution in [-0.4, -0.2) is 28.0 Å². The number of rotatable bonds is 7. The van der Waals surface area contributed by atoms with Crippen molar-refractivity contribution >= 4 is 23.6 Å². The smallest absolute Gasteiger partial charge is 0.330 e. The topological polar surface area (TPSA) is 73.2 Å². The number of hydrogen-bond donors (Lipinski definition) is 1. The van der Waals surface area contributed by atoms with Crippen LogP contribution in [0, 0.1) is 0 Å². The van der Waals surface area contributed by atoms with Crippen LogP contribution >= 0.6 is 0 Å². The largest absolute Gasteiger partial charge is 0.463 e. The number of nitrogens with zero attached hydrogens (tertiary/aromatic N) is 2. The van der Waals surface area contributed by atoms with Crippen molar-refractivity contribution in [1.82, 2.24) is 9.55 Å². The second-order valence-electron chi connectivity index (χ2n) is 6.03. The monoisotopic (exact) mass is 375 g/mol. The number of esters is 1. The number of nitrogens with one attached hydrogen (secondary N) is 1. The predicted molar refractivity (Wildman–Crippen MR) is 108 cm³/mol. The Morgan fingerprint density at radius 1 is 1.11 bits per heavy atom. The molecule has 0 fully saturated rings. The SMILES string of the molecule is CCOC(=O)/C=C/c1ccc(NC(=O)c2nccn2Cc2ccccc2)cc1. The number of anilines is 1. The highest BCUT2D eigenvalue weighted by molar-refractivity contribution is 6.01. The normalized spacial score (nSPS) is 10.8. The second kappa shape index (κ2) is 9.32. The van der Waals surface area contributed by atoms with E-state index in [1.54, 1.807) is 42.1 Å². The van der Waals surface area contributed by atoms with E-state index in [9.17, 15) is 9.59 Å². The van der Waals surface area contributed by atoms with E-state index in [2.05, 4.69) is 10.3 Å². The number of carbonyl (C=O) groups is 2. The fraction of sp³-hybridized carbons (Fsp3) is 0.136. The molecule has 6 nitrogen and oxygen atoms in total. The van der Waals surface area contributed by atoms with Gasteiger partial charge in [0.25, 0.3) is 5.91 Å². The zero-order valence-corrected chi connectivity index (χ0v) is 15.5. The Kier molecular flexibility index (Phi) is 6.36. The minimum Gasteiger partial charge on any atom is -0.463 e. The summed E-state index contributed by atoms with van der Waals surface area (Å²) < 4.78 is 6.65. The average Bonchev–Trinajstić information content (AvgIpc) is 3.17. The molecule has 3 rings (SSSR count). The van der Waals surface area contributed by atoms with Crippen LogP contribution in [0.4, 0.5) is 5.69 Å². The zero-order valence-electron chi connectivity index (χ0n) is 15.5. The summed E-state index contributed by atoms with van der Waals surface area (Å²) in [4.78, 5) is 28.1. The molecule has 0 aliphatic heterocycles. The van der Waals surface area contributed by atoms with Crippen molar-refractivity contribution in [2.45, 2.75) is 13.5 Å². The summed E-state index contributed by atoms with van der Waals surface area (Å²) in [5, 5.41) is 2.84. The number of benzene rings is 2. The van der Waals surface area contributed by atoms with E-state index in [0.29, 0.717) is 24.7 Å². The number of hydrogen-bond acceptors (Lipinski definition) is 4. The lowest BCUT2D eigenvalue weighted by molar-refractivity contribution is -0.137. The Balaban J connectivity index is 1.64. The quantitative estimate of drug-likeness (QED) is 0.504. The van der Waals surface area contributed by atoms with E-state index >= 15 is 0 Å². The molecule has 0 aliphatic carbocycles. The first kappa shape index (κ1) is 19.1. The highest BCUT2D eigenvalue weighted by atomic mass is 16.5. The molecule has 28 heavy (non-hydrogen) atoms. The van der Waals surface area contributed by atoms with Gasteiger partial charge in [0.1, 0.15) is 0 Å². The van der Waals surface area contributed by atoms with Crippen LogP contribution in [0.15, 0.2) is 73.1 Å². The molecule has 142 valence electrons. The van der Waals surface area contributed by atoms with Gasteiger partial charge in [0, 0.05) is 30.7 Å². The Morgan fingerprint density at radius 3 is 2.57 bits per heavy atom. The van der Waals surface area contributed by atoms with Gasteiger partial charge in [0.15, 0.2) is 5.82 Å². The van der Waals surface area contributed by atoms with Crippen molar-refractivity contribution < 1.29 is 14.3 Å². The van der Waals surface area contributed by atoms with Crippen molar-refractivity contribution in [3.63, 3.8) is 0 Å². The van der Waals surface area contributed by atoms with Gasteiger partial charge in [0.2, 0.25) is 0 Å². The molecule has 0 spiro atoms. The van der Waals surface area contributed by atoms with Gasteiger partial charge < -0.3 is 14.6 Å². The molecule has 6 heteroatoms. The zero-order chi connectivity index (χ0) is 19.8. The summed E-state index contributed by atoms with van der Waals surface area (Å²) in [6, 6.07) is 17.0. The van der Waals surface area contributed by atoms with Gasteiger partial charge in [-0.2, -0.15) is 0 Å². The molecule has 0 unspecified atom stereocenters. The summed E-state index contributed by atoms with van der Waals surface area (Å²) in [5.74, 6) is -0.323. The highest BCUT2D eigenvalue weighted by Gasteiger charge is 2.13. The van der Waals surface area contributed by atoms with Crippen molar-refractivity contribution in [1.29, 1.82) is 0 Å². The summed E-state index contributed by atoms with van der Waals surface area (Å²) in [6.07, 6.45) is 6.43. The molecule has 1 N–H and O–H groups in total. The van der Waals surface area contributed by atoms with Crippen LogP contribution in [0.3, 0.4) is 0 Å². The maximum atomic E-state index is 12.6. The van der Waals surface area contributed by atoms with Crippen LogP contribution < -0.4 is 5.32 Å². The van der Waals surface area contributed by atoms with Crippen molar-refractivity contribution in [3.05, 3.63) is 90.0 Å². The number of ether oxygens (including phenoxy) is 1. The molecule has 0 aliphatic rings. The minimum absolute atomic E-state index is 0.282. The molecule has 2 aromatic carbocycles. The van der Waals surface area contributed by atoms with Gasteiger partial charge in [0.05, 0.1) is 6.61 Å². The summed E-state index contributed by atoms with van der Waals surface area (Å²) >= 11 is 0. The number of amides is 1. The first-order chi connectivity index (χ1) is 13.7. The van der Waals surface area contributed by atoms with E-state index in [-0.39, 0.29) is 11.9 Å². The van der Waals surface area contributed by atoms with Gasteiger partial charge >= 0.3 is 5.97 Å². The Bertz CT molecular complexity index is 960. The van der Waals surface area contributed by atoms with Gasteiger partial charge in [-0.1, -0.05) is 42.5 Å². The molecule has 0 bridgehead atoms. The average molecular weight is 375 g/mol. The fourth-order valence-electron chi connectivity index (χ4n) is 2.65. The molecule has 1 aromatic heterocycles. The molecule has 0 atom stereocenters. The predicted octanol–water partition coefficient (Wildman–Crippen LogP) is 3.76. The Morgan fingerprint density at radius 2 is 1.86 bits per heavy atom. The van der Waals surface area contributed by atoms with Crippen LogP contribution in [0.25, 0.3) is 6.08 Å². The second-order valence-corrected chi connectivity index (χ2v) is 6.03. The van der Waals surface area contributed by atoms with E-state index in [1.807, 2.05) is 42.5 Å². The maximum absolute atomic E-state index is 12.6. The lowest BCUT2D eigenvalue weighted by Crippen LogP contribution is -2.18. The number of carbonyl (C=O) groups excluding carboxylic acids is 2. The molecule has 1 heterocycles. The van der Waals surface area contributed by atoms with Gasteiger partial charge in [-0.15, -0.1) is 0 Å². The van der Waals surface area contributed by atoms with E-state index in [1.165, 1.54) is 6.08 Å². The molecule has 0 radical (unpaired) electrons. The molecule has 0 saturated carbocycles. The standard InChI is InChI=1S/C22H21N3O3/c1-2-28-20(26)13-10-17-8-11-19(12-9-17)24-22(27)21-23-14-15-25(21)16-18-6-4-3-5-7-18/h3-15H,2,16H2,1H3,(H,24,27)/b13-10+. The first-order valence-corrected chi connectivity index (χ1v) is 8.97. The van der Waals surface area contributed by atoms with Crippen molar-refractivity contribution in [3.8, 4) is 0 Å². The number of aromatic nitrogens is 2. The van der Waals surface area contributed by atoms with E-state index < -0.39 is 0 Å². The third kappa shape index (κ3) is 5.17. The van der Waals surface area contributed by atoms with Crippen LogP contribution in [-0.2, 0) is 16.1 Å². The van der Waals surface area contributed by atoms with Crippen molar-refractivity contribution in [2.24, 2.45) is 0 Å². The molecule has 1 amide bonds. The molecular weight excluding hydrogens is 354 g/mol. The van der Waals surface area contributed by atoms with Crippen LogP contribution in [0.2, 0.25) is 0 Å². The fourth-order valence-corrected chi connectivity index (χ4v) is 2.65.